The summed E-state index contributed by atoms with van der Waals surface area (Å²) in [7, 11) is 0. The van der Waals surface area contributed by atoms with Gasteiger partial charge >= 0.3 is 0 Å². The molecule has 1 aromatic carbocycles. The molecule has 1 aliphatic rings. The third-order valence-electron chi connectivity index (χ3n) is 3.80. The summed E-state index contributed by atoms with van der Waals surface area (Å²) in [4.78, 5) is 14.7. The van der Waals surface area contributed by atoms with E-state index in [9.17, 15) is 4.79 Å². The van der Waals surface area contributed by atoms with Crippen molar-refractivity contribution in [2.45, 2.75) is 31.7 Å². The van der Waals surface area contributed by atoms with Gasteiger partial charge in [-0.2, -0.15) is 10.1 Å². The SMILES string of the molecule is Cc1cnn(-c2cccc(C3(N=C=O)CCC3)c2)c1. The van der Waals surface area contributed by atoms with Gasteiger partial charge in [-0.3, -0.25) is 0 Å². The van der Waals surface area contributed by atoms with Crippen LogP contribution >= 0.6 is 0 Å². The fraction of sp³-hybridized carbons (Fsp3) is 0.333. The van der Waals surface area contributed by atoms with Crippen LogP contribution in [0, 0.1) is 6.92 Å². The third kappa shape index (κ3) is 2.00. The molecule has 0 radical (unpaired) electrons. The molecule has 0 saturated heterocycles. The Morgan fingerprint density at radius 1 is 1.42 bits per heavy atom. The van der Waals surface area contributed by atoms with Gasteiger partial charge in [-0.1, -0.05) is 12.1 Å². The number of aliphatic imine (C=N–C) groups is 1. The van der Waals surface area contributed by atoms with Crippen LogP contribution in [0.25, 0.3) is 5.69 Å². The number of isocyanates is 1. The van der Waals surface area contributed by atoms with Crippen LogP contribution in [0.3, 0.4) is 0 Å². The first-order valence-corrected chi connectivity index (χ1v) is 6.45. The van der Waals surface area contributed by atoms with E-state index in [0.29, 0.717) is 0 Å². The van der Waals surface area contributed by atoms with Crippen molar-refractivity contribution in [3.63, 3.8) is 0 Å². The summed E-state index contributed by atoms with van der Waals surface area (Å²) in [5.74, 6) is 0. The fourth-order valence-corrected chi connectivity index (χ4v) is 2.56. The van der Waals surface area contributed by atoms with Crippen LogP contribution in [0.5, 0.6) is 0 Å². The molecule has 0 bridgehead atoms. The average Bonchev–Trinajstić information content (AvgIpc) is 2.81. The van der Waals surface area contributed by atoms with E-state index in [4.69, 9.17) is 0 Å². The van der Waals surface area contributed by atoms with Crippen molar-refractivity contribution in [3.05, 3.63) is 47.8 Å². The maximum absolute atomic E-state index is 10.6. The lowest BCUT2D eigenvalue weighted by atomic mass is 9.72. The van der Waals surface area contributed by atoms with Gasteiger partial charge in [-0.15, -0.1) is 0 Å². The zero-order valence-corrected chi connectivity index (χ0v) is 10.8. The fourth-order valence-electron chi connectivity index (χ4n) is 2.56. The van der Waals surface area contributed by atoms with E-state index in [1.54, 1.807) is 6.08 Å². The Hall–Kier alpha value is -2.19. The monoisotopic (exact) mass is 253 g/mol. The normalized spacial score (nSPS) is 16.5. The third-order valence-corrected chi connectivity index (χ3v) is 3.80. The van der Waals surface area contributed by atoms with Gasteiger partial charge in [0.15, 0.2) is 0 Å². The second-order valence-corrected chi connectivity index (χ2v) is 5.10. The van der Waals surface area contributed by atoms with Gasteiger partial charge < -0.3 is 0 Å². The van der Waals surface area contributed by atoms with Crippen LogP contribution in [-0.4, -0.2) is 15.9 Å². The van der Waals surface area contributed by atoms with Gasteiger partial charge in [0.2, 0.25) is 6.08 Å². The molecule has 1 heterocycles. The summed E-state index contributed by atoms with van der Waals surface area (Å²) < 4.78 is 1.84. The molecule has 19 heavy (non-hydrogen) atoms. The Morgan fingerprint density at radius 2 is 2.26 bits per heavy atom. The van der Waals surface area contributed by atoms with Crippen molar-refractivity contribution >= 4 is 6.08 Å². The zero-order chi connectivity index (χ0) is 13.3. The summed E-state index contributed by atoms with van der Waals surface area (Å²) in [6, 6.07) is 8.08. The topological polar surface area (TPSA) is 47.2 Å². The minimum atomic E-state index is -0.347. The number of hydrogen-bond donors (Lipinski definition) is 0. The van der Waals surface area contributed by atoms with Gasteiger partial charge in [0.1, 0.15) is 0 Å². The lowest BCUT2D eigenvalue weighted by molar-refractivity contribution is 0.256. The average molecular weight is 253 g/mol. The summed E-state index contributed by atoms with van der Waals surface area (Å²) in [5.41, 5.74) is 2.85. The Labute approximate surface area is 111 Å². The summed E-state index contributed by atoms with van der Waals surface area (Å²) >= 11 is 0. The van der Waals surface area contributed by atoms with Gasteiger partial charge in [-0.25, -0.2) is 9.48 Å². The molecule has 0 amide bonds. The highest BCUT2D eigenvalue weighted by molar-refractivity contribution is 5.43. The molecule has 4 heteroatoms. The van der Waals surface area contributed by atoms with E-state index in [0.717, 1.165) is 36.1 Å². The quantitative estimate of drug-likeness (QED) is 0.623. The smallest absolute Gasteiger partial charge is 0.235 e. The molecule has 1 aliphatic carbocycles. The van der Waals surface area contributed by atoms with Gasteiger partial charge in [0.25, 0.3) is 0 Å². The number of rotatable bonds is 3. The first-order chi connectivity index (χ1) is 9.23. The van der Waals surface area contributed by atoms with E-state index in [2.05, 4.69) is 16.2 Å². The summed E-state index contributed by atoms with van der Waals surface area (Å²) in [6.45, 7) is 2.01. The van der Waals surface area contributed by atoms with Crippen molar-refractivity contribution in [1.82, 2.24) is 9.78 Å². The largest absolute Gasteiger partial charge is 0.241 e. The summed E-state index contributed by atoms with van der Waals surface area (Å²) in [5, 5.41) is 4.31. The standard InChI is InChI=1S/C15H15N3O/c1-12-9-17-18(10-12)14-5-2-4-13(8-14)15(16-11-19)6-3-7-15/h2,4-5,8-10H,3,6-7H2,1H3. The van der Waals surface area contributed by atoms with Crippen LogP contribution in [-0.2, 0) is 10.3 Å². The number of aryl methyl sites for hydroxylation is 1. The molecule has 0 atom stereocenters. The number of nitrogens with zero attached hydrogens (tertiary/aromatic N) is 3. The first kappa shape index (κ1) is 11.9. The van der Waals surface area contributed by atoms with Crippen LogP contribution in [0.1, 0.15) is 30.4 Å². The Morgan fingerprint density at radius 3 is 2.84 bits per heavy atom. The number of carbonyl (C=O) groups excluding carboxylic acids is 1. The van der Waals surface area contributed by atoms with Crippen molar-refractivity contribution in [3.8, 4) is 5.69 Å². The number of aromatic nitrogens is 2. The molecule has 1 fully saturated rings. The van der Waals surface area contributed by atoms with Crippen LogP contribution in [0.2, 0.25) is 0 Å². The molecule has 0 N–H and O–H groups in total. The zero-order valence-electron chi connectivity index (χ0n) is 10.8. The molecule has 0 unspecified atom stereocenters. The second-order valence-electron chi connectivity index (χ2n) is 5.10. The highest BCUT2D eigenvalue weighted by Gasteiger charge is 2.38. The van der Waals surface area contributed by atoms with E-state index in [-0.39, 0.29) is 5.54 Å². The Bertz CT molecular complexity index is 649. The highest BCUT2D eigenvalue weighted by atomic mass is 16.1. The molecule has 1 saturated carbocycles. The molecule has 0 spiro atoms. The van der Waals surface area contributed by atoms with Gasteiger partial charge in [0.05, 0.1) is 17.4 Å². The lowest BCUT2D eigenvalue weighted by Crippen LogP contribution is -2.31. The van der Waals surface area contributed by atoms with Gasteiger partial charge in [-0.05, 0) is 49.4 Å². The predicted octanol–water partition coefficient (Wildman–Crippen LogP) is 2.90. The second kappa shape index (κ2) is 4.48. The van der Waals surface area contributed by atoms with E-state index in [1.165, 1.54) is 0 Å². The Balaban J connectivity index is 2.02. The van der Waals surface area contributed by atoms with E-state index in [1.807, 2.05) is 42.2 Å². The van der Waals surface area contributed by atoms with E-state index >= 15 is 0 Å². The summed E-state index contributed by atoms with van der Waals surface area (Å²) in [6.07, 6.45) is 8.48. The Kier molecular flexibility index (Phi) is 2.80. The molecule has 1 aromatic heterocycles. The maximum atomic E-state index is 10.6. The molecule has 2 aromatic rings. The van der Waals surface area contributed by atoms with Gasteiger partial charge in [0, 0.05) is 6.20 Å². The predicted molar refractivity (Wildman–Crippen MR) is 72.0 cm³/mol. The number of hydrogen-bond acceptors (Lipinski definition) is 3. The first-order valence-electron chi connectivity index (χ1n) is 6.45. The van der Waals surface area contributed by atoms with Crippen molar-refractivity contribution in [1.29, 1.82) is 0 Å². The van der Waals surface area contributed by atoms with Crippen molar-refractivity contribution in [2.24, 2.45) is 4.99 Å². The van der Waals surface area contributed by atoms with E-state index < -0.39 is 0 Å². The maximum Gasteiger partial charge on any atom is 0.235 e. The number of benzene rings is 1. The molecule has 0 aliphatic heterocycles. The molecular formula is C15H15N3O. The molecule has 4 nitrogen and oxygen atoms in total. The molecule has 96 valence electrons. The molecular weight excluding hydrogens is 238 g/mol. The minimum absolute atomic E-state index is 0.347. The highest BCUT2D eigenvalue weighted by Crippen LogP contribution is 2.44. The van der Waals surface area contributed by atoms with Crippen molar-refractivity contribution < 1.29 is 4.79 Å². The van der Waals surface area contributed by atoms with Crippen LogP contribution in [0.4, 0.5) is 0 Å². The van der Waals surface area contributed by atoms with Crippen molar-refractivity contribution in [2.75, 3.05) is 0 Å². The molecule has 3 rings (SSSR count). The lowest BCUT2D eigenvalue weighted by Gasteiger charge is -2.37. The van der Waals surface area contributed by atoms with Crippen LogP contribution in [0.15, 0.2) is 41.7 Å². The van der Waals surface area contributed by atoms with Crippen LogP contribution < -0.4 is 0 Å². The minimum Gasteiger partial charge on any atom is -0.241 e.